The van der Waals surface area contributed by atoms with Crippen LogP contribution in [-0.4, -0.2) is 48.2 Å². The maximum Gasteiger partial charge on any atom is 0.320 e. The highest BCUT2D eigenvalue weighted by molar-refractivity contribution is 5.73. The van der Waals surface area contributed by atoms with E-state index in [9.17, 15) is 4.79 Å². The summed E-state index contributed by atoms with van der Waals surface area (Å²) in [5.41, 5.74) is 1.22. The highest BCUT2D eigenvalue weighted by atomic mass is 16.4. The molecule has 1 aliphatic rings. The van der Waals surface area contributed by atoms with Crippen molar-refractivity contribution in [3.63, 3.8) is 0 Å². The van der Waals surface area contributed by atoms with Crippen molar-refractivity contribution >= 4 is 11.7 Å². The lowest BCUT2D eigenvalue weighted by molar-refractivity contribution is -0.143. The van der Waals surface area contributed by atoms with Gasteiger partial charge in [-0.3, -0.25) is 9.69 Å². The highest BCUT2D eigenvalue weighted by Crippen LogP contribution is 2.17. The Kier molecular flexibility index (Phi) is 4.20. The molecule has 1 heterocycles. The summed E-state index contributed by atoms with van der Waals surface area (Å²) in [7, 11) is 0. The van der Waals surface area contributed by atoms with Gasteiger partial charge in [0.2, 0.25) is 0 Å². The molecule has 2 rings (SSSR count). The summed E-state index contributed by atoms with van der Waals surface area (Å²) in [4.78, 5) is 15.5. The molecule has 1 aromatic carbocycles. The number of carboxylic acid groups (broad SMARTS) is 1. The van der Waals surface area contributed by atoms with Crippen LogP contribution in [0.25, 0.3) is 0 Å². The summed E-state index contributed by atoms with van der Waals surface area (Å²) in [5.74, 6) is -0.703. The van der Waals surface area contributed by atoms with Gasteiger partial charge >= 0.3 is 5.97 Å². The van der Waals surface area contributed by atoms with Crippen molar-refractivity contribution in [1.82, 2.24) is 4.90 Å². The molecule has 1 aromatic rings. The molecule has 1 N–H and O–H groups in total. The minimum absolute atomic E-state index is 0.331. The molecule has 0 saturated carbocycles. The minimum Gasteiger partial charge on any atom is -0.480 e. The maximum absolute atomic E-state index is 11.1. The van der Waals surface area contributed by atoms with Gasteiger partial charge in [0.15, 0.2) is 0 Å². The zero-order chi connectivity index (χ0) is 13.0. The first-order valence-corrected chi connectivity index (χ1v) is 6.49. The van der Waals surface area contributed by atoms with Crippen LogP contribution >= 0.6 is 0 Å². The SMILES string of the molecule is CCC(C(=O)O)N1CCN(c2ccccc2)CC1. The van der Waals surface area contributed by atoms with Gasteiger partial charge in [0.25, 0.3) is 0 Å². The fourth-order valence-electron chi connectivity index (χ4n) is 2.52. The number of carboxylic acids is 1. The number of aliphatic carboxylic acids is 1. The van der Waals surface area contributed by atoms with E-state index in [1.54, 1.807) is 0 Å². The zero-order valence-corrected chi connectivity index (χ0v) is 10.7. The topological polar surface area (TPSA) is 43.8 Å². The van der Waals surface area contributed by atoms with E-state index in [4.69, 9.17) is 5.11 Å². The summed E-state index contributed by atoms with van der Waals surface area (Å²) in [6, 6.07) is 9.95. The molecule has 1 unspecified atom stereocenters. The Morgan fingerprint density at radius 3 is 2.33 bits per heavy atom. The Morgan fingerprint density at radius 1 is 1.22 bits per heavy atom. The summed E-state index contributed by atoms with van der Waals surface area (Å²) < 4.78 is 0. The molecule has 0 aromatic heterocycles. The second kappa shape index (κ2) is 5.87. The molecule has 0 spiro atoms. The number of carbonyl (C=O) groups is 1. The quantitative estimate of drug-likeness (QED) is 0.880. The number of rotatable bonds is 4. The molecule has 1 aliphatic heterocycles. The Morgan fingerprint density at radius 2 is 1.83 bits per heavy atom. The summed E-state index contributed by atoms with van der Waals surface area (Å²) in [6.07, 6.45) is 0.667. The Hall–Kier alpha value is -1.55. The van der Waals surface area contributed by atoms with E-state index in [2.05, 4.69) is 21.9 Å². The van der Waals surface area contributed by atoms with Crippen LogP contribution in [0.1, 0.15) is 13.3 Å². The monoisotopic (exact) mass is 248 g/mol. The van der Waals surface area contributed by atoms with Gasteiger partial charge in [-0.15, -0.1) is 0 Å². The normalized spacial score (nSPS) is 18.6. The number of anilines is 1. The van der Waals surface area contributed by atoms with Crippen LogP contribution in [0.5, 0.6) is 0 Å². The molecule has 1 saturated heterocycles. The highest BCUT2D eigenvalue weighted by Gasteiger charge is 2.27. The molecule has 4 heteroatoms. The maximum atomic E-state index is 11.1. The fourth-order valence-corrected chi connectivity index (χ4v) is 2.52. The van der Waals surface area contributed by atoms with Crippen LogP contribution in [0.2, 0.25) is 0 Å². The van der Waals surface area contributed by atoms with E-state index in [0.717, 1.165) is 26.2 Å². The van der Waals surface area contributed by atoms with Crippen LogP contribution in [0.15, 0.2) is 30.3 Å². The third kappa shape index (κ3) is 2.82. The van der Waals surface area contributed by atoms with Crippen LogP contribution in [0.4, 0.5) is 5.69 Å². The second-order valence-corrected chi connectivity index (χ2v) is 4.62. The van der Waals surface area contributed by atoms with Crippen LogP contribution in [-0.2, 0) is 4.79 Å². The standard InChI is InChI=1S/C14H20N2O2/c1-2-13(14(17)18)16-10-8-15(9-11-16)12-6-4-3-5-7-12/h3-7,13H,2,8-11H2,1H3,(H,17,18). The fraction of sp³-hybridized carbons (Fsp3) is 0.500. The molecule has 0 radical (unpaired) electrons. The van der Waals surface area contributed by atoms with Gasteiger partial charge in [-0.1, -0.05) is 25.1 Å². The molecule has 0 amide bonds. The number of nitrogens with zero attached hydrogens (tertiary/aromatic N) is 2. The first-order valence-electron chi connectivity index (χ1n) is 6.49. The van der Waals surface area contributed by atoms with Gasteiger partial charge in [0.1, 0.15) is 6.04 Å². The lowest BCUT2D eigenvalue weighted by atomic mass is 10.1. The third-order valence-corrected chi connectivity index (χ3v) is 3.55. The van der Waals surface area contributed by atoms with Gasteiger partial charge < -0.3 is 10.0 Å². The number of hydrogen-bond donors (Lipinski definition) is 1. The van der Waals surface area contributed by atoms with Gasteiger partial charge in [0, 0.05) is 31.9 Å². The Labute approximate surface area is 108 Å². The van der Waals surface area contributed by atoms with Gasteiger partial charge in [0.05, 0.1) is 0 Å². The molecule has 18 heavy (non-hydrogen) atoms. The van der Waals surface area contributed by atoms with Crippen LogP contribution < -0.4 is 4.90 Å². The van der Waals surface area contributed by atoms with E-state index in [-0.39, 0.29) is 6.04 Å². The predicted molar refractivity (Wildman–Crippen MR) is 71.9 cm³/mol. The van der Waals surface area contributed by atoms with E-state index in [1.807, 2.05) is 25.1 Å². The van der Waals surface area contributed by atoms with Crippen molar-refractivity contribution in [3.05, 3.63) is 30.3 Å². The van der Waals surface area contributed by atoms with Gasteiger partial charge in [-0.25, -0.2) is 0 Å². The van der Waals surface area contributed by atoms with Gasteiger partial charge in [-0.2, -0.15) is 0 Å². The second-order valence-electron chi connectivity index (χ2n) is 4.62. The Bertz CT molecular complexity index is 386. The van der Waals surface area contributed by atoms with E-state index in [1.165, 1.54) is 5.69 Å². The molecule has 98 valence electrons. The van der Waals surface area contributed by atoms with E-state index < -0.39 is 5.97 Å². The molecule has 4 nitrogen and oxygen atoms in total. The van der Waals surface area contributed by atoms with Crippen molar-refractivity contribution in [1.29, 1.82) is 0 Å². The van der Waals surface area contributed by atoms with Crippen molar-refractivity contribution in [3.8, 4) is 0 Å². The molecule has 1 fully saturated rings. The molecule has 0 bridgehead atoms. The van der Waals surface area contributed by atoms with Crippen molar-refractivity contribution < 1.29 is 9.90 Å². The third-order valence-electron chi connectivity index (χ3n) is 3.55. The summed E-state index contributed by atoms with van der Waals surface area (Å²) >= 11 is 0. The van der Waals surface area contributed by atoms with Crippen molar-refractivity contribution in [2.45, 2.75) is 19.4 Å². The minimum atomic E-state index is -0.703. The van der Waals surface area contributed by atoms with Crippen molar-refractivity contribution in [2.75, 3.05) is 31.1 Å². The lowest BCUT2D eigenvalue weighted by Gasteiger charge is -2.38. The number of piperazine rings is 1. The first kappa shape index (κ1) is 12.9. The largest absolute Gasteiger partial charge is 0.480 e. The molecular weight excluding hydrogens is 228 g/mol. The molecule has 1 atom stereocenters. The average Bonchev–Trinajstić information content (AvgIpc) is 2.41. The van der Waals surface area contributed by atoms with Crippen LogP contribution in [0.3, 0.4) is 0 Å². The van der Waals surface area contributed by atoms with Gasteiger partial charge in [-0.05, 0) is 18.6 Å². The number of para-hydroxylation sites is 1. The zero-order valence-electron chi connectivity index (χ0n) is 10.7. The van der Waals surface area contributed by atoms with E-state index in [0.29, 0.717) is 6.42 Å². The first-order chi connectivity index (χ1) is 8.72. The summed E-state index contributed by atoms with van der Waals surface area (Å²) in [5, 5.41) is 9.15. The Balaban J connectivity index is 1.94. The molecule has 0 aliphatic carbocycles. The van der Waals surface area contributed by atoms with Crippen LogP contribution in [0, 0.1) is 0 Å². The number of benzene rings is 1. The van der Waals surface area contributed by atoms with E-state index >= 15 is 0 Å². The average molecular weight is 248 g/mol. The summed E-state index contributed by atoms with van der Waals surface area (Å²) in [6.45, 7) is 5.36. The number of hydrogen-bond acceptors (Lipinski definition) is 3. The molecular formula is C14H20N2O2. The predicted octanol–water partition coefficient (Wildman–Crippen LogP) is 1.67. The smallest absolute Gasteiger partial charge is 0.320 e. The lowest BCUT2D eigenvalue weighted by Crippen LogP contribution is -2.52. The van der Waals surface area contributed by atoms with Crippen molar-refractivity contribution in [2.24, 2.45) is 0 Å².